The third-order valence-corrected chi connectivity index (χ3v) is 4.03. The van der Waals surface area contributed by atoms with Gasteiger partial charge >= 0.3 is 4.87 Å². The number of rotatable bonds is 3. The number of hydrogen-bond acceptors (Lipinski definition) is 3. The largest absolute Gasteiger partial charge is 0.497 e. The SMILES string of the molecule is COc1ccc(Cn2c(=O)sc3ccccc32)cc1. The molecule has 0 aliphatic rings. The van der Waals surface area contributed by atoms with E-state index in [1.54, 1.807) is 7.11 Å². The number of ether oxygens (including phenoxy) is 1. The summed E-state index contributed by atoms with van der Waals surface area (Å²) >= 11 is 1.29. The van der Waals surface area contributed by atoms with E-state index in [1.165, 1.54) is 11.3 Å². The molecule has 1 aromatic heterocycles. The topological polar surface area (TPSA) is 31.2 Å². The number of nitrogens with zero attached hydrogens (tertiary/aromatic N) is 1. The van der Waals surface area contributed by atoms with Crippen molar-refractivity contribution in [3.63, 3.8) is 0 Å². The standard InChI is InChI=1S/C15H13NO2S/c1-18-12-8-6-11(7-9-12)10-16-13-4-2-3-5-14(13)19-15(16)17/h2-9H,10H2,1H3. The van der Waals surface area contributed by atoms with Crippen LogP contribution in [0.3, 0.4) is 0 Å². The number of thiazole rings is 1. The molecular weight excluding hydrogens is 258 g/mol. The molecule has 0 aliphatic carbocycles. The Kier molecular flexibility index (Phi) is 3.09. The Labute approximate surface area is 114 Å². The Morgan fingerprint density at radius 2 is 1.84 bits per heavy atom. The summed E-state index contributed by atoms with van der Waals surface area (Å²) in [5.41, 5.74) is 2.08. The van der Waals surface area contributed by atoms with Gasteiger partial charge in [0, 0.05) is 0 Å². The van der Waals surface area contributed by atoms with Crippen LogP contribution in [-0.4, -0.2) is 11.7 Å². The first kappa shape index (κ1) is 12.0. The molecule has 3 rings (SSSR count). The summed E-state index contributed by atoms with van der Waals surface area (Å²) in [5.74, 6) is 0.825. The predicted octanol–water partition coefficient (Wildman–Crippen LogP) is 3.12. The van der Waals surface area contributed by atoms with Gasteiger partial charge in [-0.3, -0.25) is 9.36 Å². The van der Waals surface area contributed by atoms with Gasteiger partial charge in [-0.15, -0.1) is 0 Å². The van der Waals surface area contributed by atoms with Crippen molar-refractivity contribution < 1.29 is 4.74 Å². The Morgan fingerprint density at radius 3 is 2.58 bits per heavy atom. The van der Waals surface area contributed by atoms with Gasteiger partial charge in [0.05, 0.1) is 23.9 Å². The molecule has 0 amide bonds. The van der Waals surface area contributed by atoms with Crippen molar-refractivity contribution in [1.82, 2.24) is 4.57 Å². The Hall–Kier alpha value is -2.07. The molecule has 0 radical (unpaired) electrons. The maximum absolute atomic E-state index is 12.0. The molecule has 0 fully saturated rings. The van der Waals surface area contributed by atoms with Crippen LogP contribution in [0.5, 0.6) is 5.75 Å². The normalized spacial score (nSPS) is 10.8. The highest BCUT2D eigenvalue weighted by Gasteiger charge is 2.07. The highest BCUT2D eigenvalue weighted by Crippen LogP contribution is 2.18. The number of fused-ring (bicyclic) bond motifs is 1. The van der Waals surface area contributed by atoms with Crippen molar-refractivity contribution in [2.24, 2.45) is 0 Å². The van der Waals surface area contributed by atoms with E-state index in [0.717, 1.165) is 21.5 Å². The molecular formula is C15H13NO2S. The molecule has 0 N–H and O–H groups in total. The van der Waals surface area contributed by atoms with E-state index < -0.39 is 0 Å². The summed E-state index contributed by atoms with van der Waals surface area (Å²) in [6, 6.07) is 15.7. The van der Waals surface area contributed by atoms with Gasteiger partial charge in [0.1, 0.15) is 5.75 Å². The predicted molar refractivity (Wildman–Crippen MR) is 78.2 cm³/mol. The Morgan fingerprint density at radius 1 is 1.11 bits per heavy atom. The van der Waals surface area contributed by atoms with Crippen LogP contribution in [0.4, 0.5) is 0 Å². The number of hydrogen-bond donors (Lipinski definition) is 0. The summed E-state index contributed by atoms with van der Waals surface area (Å²) in [7, 11) is 1.64. The zero-order chi connectivity index (χ0) is 13.2. The van der Waals surface area contributed by atoms with Crippen molar-refractivity contribution in [2.75, 3.05) is 7.11 Å². The van der Waals surface area contributed by atoms with Gasteiger partial charge in [0.15, 0.2) is 0 Å². The van der Waals surface area contributed by atoms with Gasteiger partial charge in [0.25, 0.3) is 0 Å². The fraction of sp³-hybridized carbons (Fsp3) is 0.133. The first-order valence-corrected chi connectivity index (χ1v) is 6.81. The van der Waals surface area contributed by atoms with E-state index in [9.17, 15) is 4.79 Å². The number of benzene rings is 2. The van der Waals surface area contributed by atoms with E-state index in [0.29, 0.717) is 6.54 Å². The maximum atomic E-state index is 12.0. The minimum absolute atomic E-state index is 0.0806. The average Bonchev–Trinajstić information content (AvgIpc) is 2.76. The number of para-hydroxylation sites is 1. The molecule has 0 aliphatic heterocycles. The van der Waals surface area contributed by atoms with Crippen LogP contribution in [-0.2, 0) is 6.54 Å². The zero-order valence-electron chi connectivity index (χ0n) is 10.5. The molecule has 3 nitrogen and oxygen atoms in total. The van der Waals surface area contributed by atoms with Crippen LogP contribution in [0.15, 0.2) is 53.3 Å². The molecule has 19 heavy (non-hydrogen) atoms. The van der Waals surface area contributed by atoms with Gasteiger partial charge in [-0.1, -0.05) is 35.6 Å². The van der Waals surface area contributed by atoms with Crippen LogP contribution in [0.1, 0.15) is 5.56 Å². The van der Waals surface area contributed by atoms with Gasteiger partial charge in [-0.25, -0.2) is 0 Å². The zero-order valence-corrected chi connectivity index (χ0v) is 11.3. The monoisotopic (exact) mass is 271 g/mol. The van der Waals surface area contributed by atoms with Crippen LogP contribution >= 0.6 is 11.3 Å². The fourth-order valence-corrected chi connectivity index (χ4v) is 2.97. The van der Waals surface area contributed by atoms with Gasteiger partial charge in [0.2, 0.25) is 0 Å². The van der Waals surface area contributed by atoms with E-state index in [1.807, 2.05) is 53.1 Å². The van der Waals surface area contributed by atoms with Crippen molar-refractivity contribution >= 4 is 21.6 Å². The molecule has 3 aromatic rings. The van der Waals surface area contributed by atoms with Crippen LogP contribution < -0.4 is 9.61 Å². The second-order valence-corrected chi connectivity index (χ2v) is 5.26. The smallest absolute Gasteiger partial charge is 0.308 e. The molecule has 96 valence electrons. The van der Waals surface area contributed by atoms with Gasteiger partial charge < -0.3 is 4.74 Å². The molecule has 0 unspecified atom stereocenters. The van der Waals surface area contributed by atoms with Crippen molar-refractivity contribution in [3.8, 4) is 5.75 Å². The molecule has 0 saturated carbocycles. The Balaban J connectivity index is 2.00. The van der Waals surface area contributed by atoms with Crippen molar-refractivity contribution in [1.29, 1.82) is 0 Å². The fourth-order valence-electron chi connectivity index (χ4n) is 2.08. The molecule has 0 atom stereocenters. The van der Waals surface area contributed by atoms with Crippen LogP contribution in [0.25, 0.3) is 10.2 Å². The first-order chi connectivity index (χ1) is 9.28. The molecule has 0 saturated heterocycles. The van der Waals surface area contributed by atoms with E-state index >= 15 is 0 Å². The molecule has 2 aromatic carbocycles. The van der Waals surface area contributed by atoms with Crippen molar-refractivity contribution in [3.05, 3.63) is 63.8 Å². The average molecular weight is 271 g/mol. The summed E-state index contributed by atoms with van der Waals surface area (Å²) < 4.78 is 7.97. The highest BCUT2D eigenvalue weighted by atomic mass is 32.1. The van der Waals surface area contributed by atoms with Crippen molar-refractivity contribution in [2.45, 2.75) is 6.54 Å². The van der Waals surface area contributed by atoms with Crippen LogP contribution in [0.2, 0.25) is 0 Å². The molecule has 4 heteroatoms. The summed E-state index contributed by atoms with van der Waals surface area (Å²) in [5, 5.41) is 0. The van der Waals surface area contributed by atoms with Crippen LogP contribution in [0, 0.1) is 0 Å². The van der Waals surface area contributed by atoms with Gasteiger partial charge in [-0.05, 0) is 29.8 Å². The van der Waals surface area contributed by atoms with E-state index in [2.05, 4.69) is 0 Å². The lowest BCUT2D eigenvalue weighted by Crippen LogP contribution is -2.13. The Bertz CT molecular complexity index is 756. The third kappa shape index (κ3) is 2.27. The number of methoxy groups -OCH3 is 1. The molecule has 1 heterocycles. The third-order valence-electron chi connectivity index (χ3n) is 3.07. The molecule has 0 spiro atoms. The van der Waals surface area contributed by atoms with E-state index in [-0.39, 0.29) is 4.87 Å². The second-order valence-electron chi connectivity index (χ2n) is 4.27. The van der Waals surface area contributed by atoms with E-state index in [4.69, 9.17) is 4.74 Å². The maximum Gasteiger partial charge on any atom is 0.308 e. The quantitative estimate of drug-likeness (QED) is 0.733. The van der Waals surface area contributed by atoms with Gasteiger partial charge in [-0.2, -0.15) is 0 Å². The lowest BCUT2D eigenvalue weighted by Gasteiger charge is -2.05. The summed E-state index contributed by atoms with van der Waals surface area (Å²) in [6.07, 6.45) is 0. The lowest BCUT2D eigenvalue weighted by atomic mass is 10.2. The number of aromatic nitrogens is 1. The minimum atomic E-state index is 0.0806. The minimum Gasteiger partial charge on any atom is -0.497 e. The molecule has 0 bridgehead atoms. The first-order valence-electron chi connectivity index (χ1n) is 5.99. The highest BCUT2D eigenvalue weighted by molar-refractivity contribution is 7.16. The summed E-state index contributed by atoms with van der Waals surface area (Å²) in [4.78, 5) is 12.1. The summed E-state index contributed by atoms with van der Waals surface area (Å²) in [6.45, 7) is 0.590. The second kappa shape index (κ2) is 4.90. The lowest BCUT2D eigenvalue weighted by molar-refractivity contribution is 0.414.